The number of amides is 1. The lowest BCUT2D eigenvalue weighted by molar-refractivity contribution is 0.117. The molecule has 1 fully saturated rings. The van der Waals surface area contributed by atoms with Gasteiger partial charge in [-0.05, 0) is 39.9 Å². The number of benzene rings is 1. The van der Waals surface area contributed by atoms with Crippen LogP contribution in [0.25, 0.3) is 10.9 Å². The van der Waals surface area contributed by atoms with Crippen molar-refractivity contribution in [2.45, 2.75) is 25.8 Å². The van der Waals surface area contributed by atoms with Gasteiger partial charge in [0.2, 0.25) is 0 Å². The summed E-state index contributed by atoms with van der Waals surface area (Å²) in [7, 11) is 5.58. The van der Waals surface area contributed by atoms with E-state index < -0.39 is 6.09 Å². The second-order valence-corrected chi connectivity index (χ2v) is 6.72. The van der Waals surface area contributed by atoms with Crippen molar-refractivity contribution in [2.24, 2.45) is 0 Å². The molecule has 0 unspecified atom stereocenters. The normalized spacial score (nSPS) is 15.5. The summed E-state index contributed by atoms with van der Waals surface area (Å²) in [6.45, 7) is 2.98. The summed E-state index contributed by atoms with van der Waals surface area (Å²) < 4.78 is 10.8. The second kappa shape index (κ2) is 7.33. The Kier molecular flexibility index (Phi) is 5.13. The van der Waals surface area contributed by atoms with Crippen molar-refractivity contribution in [3.05, 3.63) is 28.3 Å². The fraction of sp³-hybridized carbons (Fsp3) is 0.500. The zero-order chi connectivity index (χ0) is 18.8. The van der Waals surface area contributed by atoms with E-state index in [9.17, 15) is 9.59 Å². The number of piperidine rings is 1. The van der Waals surface area contributed by atoms with Gasteiger partial charge in [-0.2, -0.15) is 0 Å². The molecule has 26 heavy (non-hydrogen) atoms. The third kappa shape index (κ3) is 3.65. The monoisotopic (exact) mass is 360 g/mol. The maximum absolute atomic E-state index is 12.5. The van der Waals surface area contributed by atoms with E-state index >= 15 is 0 Å². The first-order valence-electron chi connectivity index (χ1n) is 8.61. The van der Waals surface area contributed by atoms with Crippen LogP contribution in [-0.2, 0) is 0 Å². The molecular formula is C18H24N4O4. The average Bonchev–Trinajstić information content (AvgIpc) is 2.61. The van der Waals surface area contributed by atoms with Crippen molar-refractivity contribution in [1.29, 1.82) is 0 Å². The van der Waals surface area contributed by atoms with Gasteiger partial charge >= 0.3 is 6.09 Å². The van der Waals surface area contributed by atoms with Gasteiger partial charge in [-0.25, -0.2) is 9.78 Å². The molecule has 8 nitrogen and oxygen atoms in total. The standard InChI is InChI=1S/C18H24N4O4/c1-11-19-14-10-15(25-4)16(9-13(14)17(23)20-11)26-18(24)22-7-5-12(6-8-22)21(2)3/h9-10,12H,5-8H2,1-4H3,(H,19,20,23). The number of nitrogens with one attached hydrogen (secondary N) is 1. The van der Waals surface area contributed by atoms with Gasteiger partial charge in [0.15, 0.2) is 11.5 Å². The zero-order valence-corrected chi connectivity index (χ0v) is 15.5. The van der Waals surface area contributed by atoms with E-state index in [4.69, 9.17) is 9.47 Å². The Morgan fingerprint density at radius 2 is 1.96 bits per heavy atom. The Hall–Kier alpha value is -2.61. The number of aromatic amines is 1. The van der Waals surface area contributed by atoms with Crippen LogP contribution in [0.1, 0.15) is 18.7 Å². The fourth-order valence-corrected chi connectivity index (χ4v) is 3.23. The van der Waals surface area contributed by atoms with E-state index in [-0.39, 0.29) is 11.3 Å². The molecular weight excluding hydrogens is 336 g/mol. The molecule has 140 valence electrons. The predicted molar refractivity (Wildman–Crippen MR) is 98.0 cm³/mol. The van der Waals surface area contributed by atoms with Crippen molar-refractivity contribution in [2.75, 3.05) is 34.3 Å². The van der Waals surface area contributed by atoms with Crippen LogP contribution in [0.5, 0.6) is 11.5 Å². The number of hydrogen-bond acceptors (Lipinski definition) is 6. The molecule has 0 atom stereocenters. The summed E-state index contributed by atoms with van der Waals surface area (Å²) in [5.74, 6) is 1.10. The van der Waals surface area contributed by atoms with Gasteiger partial charge < -0.3 is 24.3 Å². The Balaban J connectivity index is 1.82. The predicted octanol–water partition coefficient (Wildman–Crippen LogP) is 1.76. The van der Waals surface area contributed by atoms with Crippen LogP contribution < -0.4 is 15.0 Å². The lowest BCUT2D eigenvalue weighted by Gasteiger charge is -2.34. The molecule has 1 aromatic heterocycles. The van der Waals surface area contributed by atoms with Crippen LogP contribution in [-0.4, -0.2) is 66.2 Å². The summed E-state index contributed by atoms with van der Waals surface area (Å²) in [6.07, 6.45) is 1.37. The highest BCUT2D eigenvalue weighted by molar-refractivity contribution is 5.83. The van der Waals surface area contributed by atoms with Gasteiger partial charge in [-0.1, -0.05) is 0 Å². The first-order valence-corrected chi connectivity index (χ1v) is 8.61. The maximum atomic E-state index is 12.5. The number of ether oxygens (including phenoxy) is 2. The Labute approximate surface area is 151 Å². The van der Waals surface area contributed by atoms with Gasteiger partial charge in [0.1, 0.15) is 5.82 Å². The molecule has 3 rings (SSSR count). The number of carbonyl (C=O) groups excluding carboxylic acids is 1. The third-order valence-corrected chi connectivity index (χ3v) is 4.76. The second-order valence-electron chi connectivity index (χ2n) is 6.72. The summed E-state index contributed by atoms with van der Waals surface area (Å²) >= 11 is 0. The summed E-state index contributed by atoms with van der Waals surface area (Å²) in [5.41, 5.74) is 0.217. The minimum Gasteiger partial charge on any atom is -0.493 e. The van der Waals surface area contributed by atoms with Gasteiger partial charge in [0.25, 0.3) is 5.56 Å². The van der Waals surface area contributed by atoms with Crippen LogP contribution in [0.2, 0.25) is 0 Å². The lowest BCUT2D eigenvalue weighted by atomic mass is 10.0. The highest BCUT2D eigenvalue weighted by atomic mass is 16.6. The number of aromatic nitrogens is 2. The zero-order valence-electron chi connectivity index (χ0n) is 15.5. The van der Waals surface area contributed by atoms with Gasteiger partial charge in [-0.3, -0.25) is 4.79 Å². The van der Waals surface area contributed by atoms with Crippen molar-refractivity contribution in [3.8, 4) is 11.5 Å². The van der Waals surface area contributed by atoms with Crippen LogP contribution in [0.4, 0.5) is 4.79 Å². The molecule has 1 aliphatic heterocycles. The molecule has 1 aromatic carbocycles. The van der Waals surface area contributed by atoms with Crippen molar-refractivity contribution < 1.29 is 14.3 Å². The Morgan fingerprint density at radius 1 is 1.27 bits per heavy atom. The average molecular weight is 360 g/mol. The number of nitrogens with zero attached hydrogens (tertiary/aromatic N) is 3. The molecule has 1 saturated heterocycles. The maximum Gasteiger partial charge on any atom is 0.415 e. The minimum atomic E-state index is -0.434. The number of likely N-dealkylation sites (tertiary alicyclic amines) is 1. The molecule has 8 heteroatoms. The number of hydrogen-bond donors (Lipinski definition) is 1. The molecule has 0 saturated carbocycles. The molecule has 2 heterocycles. The molecule has 0 spiro atoms. The Morgan fingerprint density at radius 3 is 2.58 bits per heavy atom. The first-order chi connectivity index (χ1) is 12.4. The van der Waals surface area contributed by atoms with Gasteiger partial charge in [0, 0.05) is 25.2 Å². The van der Waals surface area contributed by atoms with E-state index in [0.29, 0.717) is 41.6 Å². The molecule has 1 aliphatic rings. The molecule has 2 aromatic rings. The number of H-pyrrole nitrogens is 1. The van der Waals surface area contributed by atoms with Gasteiger partial charge in [-0.15, -0.1) is 0 Å². The van der Waals surface area contributed by atoms with Crippen LogP contribution in [0.3, 0.4) is 0 Å². The summed E-state index contributed by atoms with van der Waals surface area (Å²) in [4.78, 5) is 35.5. The van der Waals surface area contributed by atoms with Crippen LogP contribution >= 0.6 is 0 Å². The smallest absolute Gasteiger partial charge is 0.415 e. The largest absolute Gasteiger partial charge is 0.493 e. The summed E-state index contributed by atoms with van der Waals surface area (Å²) in [5, 5.41) is 0.352. The van der Waals surface area contributed by atoms with E-state index in [1.54, 1.807) is 17.9 Å². The molecule has 1 N–H and O–H groups in total. The van der Waals surface area contributed by atoms with E-state index in [2.05, 4.69) is 14.9 Å². The van der Waals surface area contributed by atoms with Crippen molar-refractivity contribution in [1.82, 2.24) is 19.8 Å². The Bertz CT molecular complexity index is 869. The topological polar surface area (TPSA) is 87.8 Å². The van der Waals surface area contributed by atoms with E-state index in [1.807, 2.05) is 14.1 Å². The third-order valence-electron chi connectivity index (χ3n) is 4.76. The number of rotatable bonds is 3. The molecule has 1 amide bonds. The number of aryl methyl sites for hydroxylation is 1. The van der Waals surface area contributed by atoms with Gasteiger partial charge in [0.05, 0.1) is 18.0 Å². The van der Waals surface area contributed by atoms with Crippen molar-refractivity contribution in [3.63, 3.8) is 0 Å². The summed E-state index contributed by atoms with van der Waals surface area (Å²) in [6, 6.07) is 3.59. The van der Waals surface area contributed by atoms with E-state index in [1.165, 1.54) is 13.2 Å². The lowest BCUT2D eigenvalue weighted by Crippen LogP contribution is -2.45. The number of methoxy groups -OCH3 is 1. The highest BCUT2D eigenvalue weighted by Gasteiger charge is 2.26. The van der Waals surface area contributed by atoms with Crippen LogP contribution in [0.15, 0.2) is 16.9 Å². The van der Waals surface area contributed by atoms with E-state index in [0.717, 1.165) is 12.8 Å². The number of carbonyl (C=O) groups is 1. The number of fused-ring (bicyclic) bond motifs is 1. The van der Waals surface area contributed by atoms with Crippen LogP contribution in [0, 0.1) is 6.92 Å². The molecule has 0 aliphatic carbocycles. The van der Waals surface area contributed by atoms with Crippen molar-refractivity contribution >= 4 is 17.0 Å². The minimum absolute atomic E-state index is 0.218. The fourth-order valence-electron chi connectivity index (χ4n) is 3.23. The quantitative estimate of drug-likeness (QED) is 0.897. The highest BCUT2D eigenvalue weighted by Crippen LogP contribution is 2.31. The SMILES string of the molecule is COc1cc2nc(C)[nH]c(=O)c2cc1OC(=O)N1CCC(N(C)C)CC1. The molecule has 0 radical (unpaired) electrons. The first kappa shape index (κ1) is 18.2. The molecule has 0 bridgehead atoms.